The molecule has 3 amide bonds. The van der Waals surface area contributed by atoms with Gasteiger partial charge in [-0.2, -0.15) is 0 Å². The van der Waals surface area contributed by atoms with Gasteiger partial charge in [-0.05, 0) is 24.0 Å². The van der Waals surface area contributed by atoms with Crippen molar-refractivity contribution >= 4 is 23.7 Å². The van der Waals surface area contributed by atoms with E-state index in [1.807, 2.05) is 30.3 Å². The van der Waals surface area contributed by atoms with Gasteiger partial charge < -0.3 is 20.3 Å². The molecule has 1 aliphatic rings. The van der Waals surface area contributed by atoms with Gasteiger partial charge in [0.2, 0.25) is 17.7 Å². The fourth-order valence-electron chi connectivity index (χ4n) is 4.50. The molecule has 1 heterocycles. The number of benzene rings is 2. The lowest BCUT2D eigenvalue weighted by atomic mass is 10.0. The molecule has 0 saturated carbocycles. The predicted octanol–water partition coefficient (Wildman–Crippen LogP) is 2.89. The van der Waals surface area contributed by atoms with Crippen LogP contribution in [0.4, 0.5) is 8.78 Å². The average Bonchev–Trinajstić information content (AvgIpc) is 3.23. The Morgan fingerprint density at radius 2 is 1.76 bits per heavy atom. The van der Waals surface area contributed by atoms with Gasteiger partial charge in [0.1, 0.15) is 12.1 Å². The van der Waals surface area contributed by atoms with E-state index in [9.17, 15) is 28.0 Å². The minimum atomic E-state index is -1.03. The first kappa shape index (κ1) is 28.7. The molecule has 1 fully saturated rings. The highest BCUT2D eigenvalue weighted by molar-refractivity contribution is 5.91. The lowest BCUT2D eigenvalue weighted by molar-refractivity contribution is -0.145. The maximum absolute atomic E-state index is 14.2. The molecule has 204 valence electrons. The fourth-order valence-corrected chi connectivity index (χ4v) is 4.50. The minimum Gasteiger partial charge on any atom is -0.467 e. The van der Waals surface area contributed by atoms with E-state index in [1.54, 1.807) is 13.8 Å². The molecule has 8 nitrogen and oxygen atoms in total. The molecule has 2 aromatic rings. The van der Waals surface area contributed by atoms with Crippen molar-refractivity contribution in [2.24, 2.45) is 5.92 Å². The summed E-state index contributed by atoms with van der Waals surface area (Å²) in [7, 11) is 1.23. The lowest BCUT2D eigenvalue weighted by Crippen LogP contribution is -2.54. The van der Waals surface area contributed by atoms with Crippen LogP contribution in [-0.2, 0) is 36.9 Å². The molecule has 3 atom stereocenters. The summed E-state index contributed by atoms with van der Waals surface area (Å²) < 4.78 is 32.7. The van der Waals surface area contributed by atoms with E-state index < -0.39 is 47.5 Å². The number of carbonyl (C=O) groups is 4. The van der Waals surface area contributed by atoms with Crippen LogP contribution < -0.4 is 10.6 Å². The average molecular weight is 530 g/mol. The van der Waals surface area contributed by atoms with Gasteiger partial charge in [0.25, 0.3) is 0 Å². The van der Waals surface area contributed by atoms with Crippen molar-refractivity contribution in [2.45, 2.75) is 64.2 Å². The van der Waals surface area contributed by atoms with E-state index in [1.165, 1.54) is 24.1 Å². The fraction of sp³-hybridized carbons (Fsp3) is 0.429. The zero-order valence-corrected chi connectivity index (χ0v) is 21.7. The predicted molar refractivity (Wildman–Crippen MR) is 135 cm³/mol. The van der Waals surface area contributed by atoms with Crippen molar-refractivity contribution in [3.05, 3.63) is 71.3 Å². The van der Waals surface area contributed by atoms with Gasteiger partial charge in [0, 0.05) is 37.4 Å². The molecule has 0 aromatic heterocycles. The molecule has 2 N–H and O–H groups in total. The summed E-state index contributed by atoms with van der Waals surface area (Å²) in [6.07, 6.45) is 0.671. The van der Waals surface area contributed by atoms with E-state index in [2.05, 4.69) is 10.6 Å². The van der Waals surface area contributed by atoms with Gasteiger partial charge >= 0.3 is 5.97 Å². The standard InChI is InChI=1S/C28H33F2N3O5/c1-17(2)26(27(36)31-22(28(37)38-3)14-18-8-5-4-6-9-18)32-23(34)15-20-12-13-24(35)33(20)16-19-10-7-11-21(29)25(19)30/h4-11,17,20,22,26H,12-16H2,1-3H3,(H,31,36)(H,32,34)/t20-,22+,26-/m0/s1. The SMILES string of the molecule is COC(=O)[C@@H](Cc1ccccc1)NC(=O)[C@@H](NC(=O)C[C@@H]1CCC(=O)N1Cc1cccc(F)c1F)C(C)C. The third-order valence-corrected chi connectivity index (χ3v) is 6.60. The van der Waals surface area contributed by atoms with Gasteiger partial charge in [-0.25, -0.2) is 13.6 Å². The number of ether oxygens (including phenoxy) is 1. The molecular weight excluding hydrogens is 496 g/mol. The first-order valence-corrected chi connectivity index (χ1v) is 12.5. The van der Waals surface area contributed by atoms with Gasteiger partial charge in [0.15, 0.2) is 11.6 Å². The quantitative estimate of drug-likeness (QED) is 0.436. The van der Waals surface area contributed by atoms with Crippen molar-refractivity contribution in [3.63, 3.8) is 0 Å². The third kappa shape index (κ3) is 7.36. The molecule has 0 radical (unpaired) electrons. The van der Waals surface area contributed by atoms with Crippen LogP contribution in [0, 0.1) is 17.6 Å². The second-order valence-corrected chi connectivity index (χ2v) is 9.69. The number of hydrogen-bond donors (Lipinski definition) is 2. The molecule has 3 rings (SSSR count). The van der Waals surface area contributed by atoms with Gasteiger partial charge in [-0.15, -0.1) is 0 Å². The molecule has 0 bridgehead atoms. The molecule has 0 unspecified atom stereocenters. The molecule has 10 heteroatoms. The number of likely N-dealkylation sites (tertiary alicyclic amines) is 1. The van der Waals surface area contributed by atoms with Gasteiger partial charge in [-0.1, -0.05) is 56.3 Å². The number of amides is 3. The maximum atomic E-state index is 14.2. The number of carbonyl (C=O) groups excluding carboxylic acids is 4. The summed E-state index contributed by atoms with van der Waals surface area (Å²) in [5.41, 5.74) is 0.853. The van der Waals surface area contributed by atoms with Crippen LogP contribution in [-0.4, -0.2) is 53.8 Å². The Hall–Kier alpha value is -3.82. The zero-order valence-electron chi connectivity index (χ0n) is 21.7. The topological polar surface area (TPSA) is 105 Å². The number of methoxy groups -OCH3 is 1. The number of hydrogen-bond acceptors (Lipinski definition) is 5. The number of rotatable bonds is 11. The number of nitrogens with one attached hydrogen (secondary N) is 2. The molecule has 38 heavy (non-hydrogen) atoms. The Kier molecular flexibility index (Phi) is 9.92. The van der Waals surface area contributed by atoms with Crippen molar-refractivity contribution in [2.75, 3.05) is 7.11 Å². The maximum Gasteiger partial charge on any atom is 0.328 e. The van der Waals surface area contributed by atoms with Crippen LogP contribution in [0.5, 0.6) is 0 Å². The second-order valence-electron chi connectivity index (χ2n) is 9.69. The molecule has 1 aliphatic heterocycles. The number of esters is 1. The Labute approximate surface area is 220 Å². The van der Waals surface area contributed by atoms with Gasteiger partial charge in [-0.3, -0.25) is 14.4 Å². The summed E-state index contributed by atoms with van der Waals surface area (Å²) in [4.78, 5) is 52.2. The van der Waals surface area contributed by atoms with E-state index in [0.717, 1.165) is 11.6 Å². The normalized spacial score (nSPS) is 16.7. The summed E-state index contributed by atoms with van der Waals surface area (Å²) in [6.45, 7) is 3.36. The molecule has 2 aromatic carbocycles. The smallest absolute Gasteiger partial charge is 0.328 e. The lowest BCUT2D eigenvalue weighted by Gasteiger charge is -2.27. The highest BCUT2D eigenvalue weighted by atomic mass is 19.2. The third-order valence-electron chi connectivity index (χ3n) is 6.60. The second kappa shape index (κ2) is 13.1. The summed E-state index contributed by atoms with van der Waals surface area (Å²) >= 11 is 0. The Balaban J connectivity index is 1.65. The van der Waals surface area contributed by atoms with Crippen molar-refractivity contribution in [3.8, 4) is 0 Å². The van der Waals surface area contributed by atoms with Crippen LogP contribution in [0.25, 0.3) is 0 Å². The molecule has 0 aliphatic carbocycles. The number of halogens is 2. The highest BCUT2D eigenvalue weighted by Crippen LogP contribution is 2.25. The van der Waals surface area contributed by atoms with E-state index >= 15 is 0 Å². The Morgan fingerprint density at radius 3 is 2.42 bits per heavy atom. The first-order valence-electron chi connectivity index (χ1n) is 12.5. The molecular formula is C28H33F2N3O5. The number of nitrogens with zero attached hydrogens (tertiary/aromatic N) is 1. The van der Waals surface area contributed by atoms with Crippen LogP contribution in [0.3, 0.4) is 0 Å². The van der Waals surface area contributed by atoms with E-state index in [0.29, 0.717) is 6.42 Å². The zero-order chi connectivity index (χ0) is 27.8. The highest BCUT2D eigenvalue weighted by Gasteiger charge is 2.35. The molecule has 0 spiro atoms. The van der Waals surface area contributed by atoms with Crippen LogP contribution in [0.15, 0.2) is 48.5 Å². The van der Waals surface area contributed by atoms with Crippen LogP contribution in [0.1, 0.15) is 44.2 Å². The Bertz CT molecular complexity index is 1160. The summed E-state index contributed by atoms with van der Waals surface area (Å²) in [5.74, 6) is -4.22. The first-order chi connectivity index (χ1) is 18.1. The van der Waals surface area contributed by atoms with Crippen LogP contribution in [0.2, 0.25) is 0 Å². The van der Waals surface area contributed by atoms with Crippen molar-refractivity contribution in [1.82, 2.24) is 15.5 Å². The largest absolute Gasteiger partial charge is 0.467 e. The van der Waals surface area contributed by atoms with E-state index in [4.69, 9.17) is 4.74 Å². The van der Waals surface area contributed by atoms with Crippen molar-refractivity contribution < 1.29 is 32.7 Å². The summed E-state index contributed by atoms with van der Waals surface area (Å²) in [6, 6.07) is 10.5. The van der Waals surface area contributed by atoms with Crippen LogP contribution >= 0.6 is 0 Å². The van der Waals surface area contributed by atoms with E-state index in [-0.39, 0.29) is 43.2 Å². The molecule has 1 saturated heterocycles. The van der Waals surface area contributed by atoms with Gasteiger partial charge in [0.05, 0.1) is 7.11 Å². The minimum absolute atomic E-state index is 0.0253. The Morgan fingerprint density at radius 1 is 1.05 bits per heavy atom. The monoisotopic (exact) mass is 529 g/mol. The summed E-state index contributed by atoms with van der Waals surface area (Å²) in [5, 5.41) is 5.40. The van der Waals surface area contributed by atoms with Crippen molar-refractivity contribution in [1.29, 1.82) is 0 Å².